The highest BCUT2D eigenvalue weighted by molar-refractivity contribution is 6.05. The molecule has 0 saturated carbocycles. The van der Waals surface area contributed by atoms with Crippen LogP contribution in [0, 0.1) is 6.92 Å². The van der Waals surface area contributed by atoms with Crippen molar-refractivity contribution < 1.29 is 14.3 Å². The minimum Gasteiger partial charge on any atom is -0.497 e. The first-order chi connectivity index (χ1) is 13.5. The molecule has 0 aliphatic carbocycles. The molecule has 2 amide bonds. The Morgan fingerprint density at radius 2 is 1.43 bits per heavy atom. The van der Waals surface area contributed by atoms with Gasteiger partial charge >= 0.3 is 0 Å². The van der Waals surface area contributed by atoms with E-state index in [0.717, 1.165) is 16.9 Å². The molecule has 5 nitrogen and oxygen atoms in total. The number of carbonyl (C=O) groups excluding carboxylic acids is 2. The maximum absolute atomic E-state index is 12.4. The Bertz CT molecular complexity index is 964. The van der Waals surface area contributed by atoms with Gasteiger partial charge in [-0.2, -0.15) is 0 Å². The molecule has 0 aliphatic heterocycles. The molecule has 0 aliphatic rings. The number of rotatable bonds is 6. The highest BCUT2D eigenvalue weighted by Crippen LogP contribution is 2.17. The lowest BCUT2D eigenvalue weighted by Crippen LogP contribution is -2.15. The Morgan fingerprint density at radius 3 is 2.04 bits per heavy atom. The van der Waals surface area contributed by atoms with Crippen molar-refractivity contribution in [3.05, 3.63) is 89.5 Å². The van der Waals surface area contributed by atoms with E-state index in [4.69, 9.17) is 4.74 Å². The number of hydrogen-bond acceptors (Lipinski definition) is 3. The molecule has 0 heterocycles. The molecular weight excluding hydrogens is 352 g/mol. The van der Waals surface area contributed by atoms with Crippen LogP contribution in [0.3, 0.4) is 0 Å². The monoisotopic (exact) mass is 374 g/mol. The first-order valence-corrected chi connectivity index (χ1v) is 8.95. The van der Waals surface area contributed by atoms with Gasteiger partial charge in [-0.15, -0.1) is 0 Å². The molecule has 0 fully saturated rings. The lowest BCUT2D eigenvalue weighted by Gasteiger charge is -2.09. The van der Waals surface area contributed by atoms with Gasteiger partial charge in [0.2, 0.25) is 5.91 Å². The van der Waals surface area contributed by atoms with E-state index >= 15 is 0 Å². The predicted molar refractivity (Wildman–Crippen MR) is 111 cm³/mol. The van der Waals surface area contributed by atoms with Crippen LogP contribution in [0.1, 0.15) is 21.5 Å². The molecule has 0 atom stereocenters. The van der Waals surface area contributed by atoms with Crippen molar-refractivity contribution in [2.24, 2.45) is 0 Å². The Balaban J connectivity index is 1.57. The van der Waals surface area contributed by atoms with Gasteiger partial charge in [0.15, 0.2) is 0 Å². The van der Waals surface area contributed by atoms with Gasteiger partial charge in [0.1, 0.15) is 5.75 Å². The van der Waals surface area contributed by atoms with E-state index in [1.807, 2.05) is 49.4 Å². The number of carbonyl (C=O) groups is 2. The van der Waals surface area contributed by atoms with Crippen LogP contribution < -0.4 is 15.4 Å². The maximum atomic E-state index is 12.4. The Morgan fingerprint density at radius 1 is 0.821 bits per heavy atom. The predicted octanol–water partition coefficient (Wildman–Crippen LogP) is 4.44. The quantitative estimate of drug-likeness (QED) is 0.670. The minimum absolute atomic E-state index is 0.109. The molecule has 0 spiro atoms. The number of methoxy groups -OCH3 is 1. The third-order valence-electron chi connectivity index (χ3n) is 4.34. The molecule has 3 aromatic rings. The molecule has 28 heavy (non-hydrogen) atoms. The van der Waals surface area contributed by atoms with E-state index in [-0.39, 0.29) is 18.2 Å². The summed E-state index contributed by atoms with van der Waals surface area (Å²) in [6.45, 7) is 1.90. The zero-order valence-corrected chi connectivity index (χ0v) is 15.9. The van der Waals surface area contributed by atoms with Gasteiger partial charge in [-0.25, -0.2) is 0 Å². The fourth-order valence-corrected chi connectivity index (χ4v) is 2.80. The molecule has 0 unspecified atom stereocenters. The smallest absolute Gasteiger partial charge is 0.255 e. The summed E-state index contributed by atoms with van der Waals surface area (Å²) >= 11 is 0. The van der Waals surface area contributed by atoms with Crippen molar-refractivity contribution in [1.82, 2.24) is 0 Å². The van der Waals surface area contributed by atoms with Crippen molar-refractivity contribution in [3.8, 4) is 5.75 Å². The fraction of sp³-hybridized carbons (Fsp3) is 0.130. The summed E-state index contributed by atoms with van der Waals surface area (Å²) in [6.07, 6.45) is 0.274. The summed E-state index contributed by atoms with van der Waals surface area (Å²) in [6, 6.07) is 21.9. The SMILES string of the molecule is COc1ccc(CC(=O)Nc2ccc(NC(=O)c3ccccc3C)cc2)cc1. The Hall–Kier alpha value is -3.60. The Kier molecular flexibility index (Phi) is 6.07. The Labute approximate surface area is 164 Å². The third-order valence-corrected chi connectivity index (χ3v) is 4.34. The van der Waals surface area contributed by atoms with Crippen LogP contribution in [0.15, 0.2) is 72.8 Å². The fourth-order valence-electron chi connectivity index (χ4n) is 2.80. The molecule has 3 aromatic carbocycles. The molecule has 5 heteroatoms. The summed E-state index contributed by atoms with van der Waals surface area (Å²) in [5.41, 5.74) is 3.80. The molecule has 0 aromatic heterocycles. The van der Waals surface area contributed by atoms with Crippen molar-refractivity contribution >= 4 is 23.2 Å². The number of aryl methyl sites for hydroxylation is 1. The van der Waals surface area contributed by atoms with Crippen LogP contribution in [-0.4, -0.2) is 18.9 Å². The van der Waals surface area contributed by atoms with Crippen LogP contribution in [0.5, 0.6) is 5.75 Å². The molecule has 3 rings (SSSR count). The van der Waals surface area contributed by atoms with Crippen molar-refractivity contribution in [2.75, 3.05) is 17.7 Å². The highest BCUT2D eigenvalue weighted by atomic mass is 16.5. The van der Waals surface area contributed by atoms with Gasteiger partial charge in [-0.1, -0.05) is 30.3 Å². The van der Waals surface area contributed by atoms with E-state index in [2.05, 4.69) is 10.6 Å². The molecule has 142 valence electrons. The van der Waals surface area contributed by atoms with Gasteiger partial charge in [0.25, 0.3) is 5.91 Å². The summed E-state index contributed by atoms with van der Waals surface area (Å²) < 4.78 is 5.11. The molecule has 2 N–H and O–H groups in total. The topological polar surface area (TPSA) is 67.4 Å². The maximum Gasteiger partial charge on any atom is 0.255 e. The molecule has 0 saturated heterocycles. The number of benzene rings is 3. The lowest BCUT2D eigenvalue weighted by atomic mass is 10.1. The second kappa shape index (κ2) is 8.86. The lowest BCUT2D eigenvalue weighted by molar-refractivity contribution is -0.115. The van der Waals surface area contributed by atoms with Gasteiger partial charge in [-0.05, 0) is 60.5 Å². The van der Waals surface area contributed by atoms with Gasteiger partial charge < -0.3 is 15.4 Å². The highest BCUT2D eigenvalue weighted by Gasteiger charge is 2.09. The number of nitrogens with one attached hydrogen (secondary N) is 2. The molecule has 0 radical (unpaired) electrons. The van der Waals surface area contributed by atoms with Crippen molar-refractivity contribution in [1.29, 1.82) is 0 Å². The van der Waals surface area contributed by atoms with Crippen molar-refractivity contribution in [2.45, 2.75) is 13.3 Å². The zero-order chi connectivity index (χ0) is 19.9. The standard InChI is InChI=1S/C23H22N2O3/c1-16-5-3-4-6-21(16)23(27)25-19-11-9-18(10-12-19)24-22(26)15-17-7-13-20(28-2)14-8-17/h3-14H,15H2,1-2H3,(H,24,26)(H,25,27). The van der Waals surface area contributed by atoms with Crippen LogP contribution in [0.2, 0.25) is 0 Å². The number of ether oxygens (including phenoxy) is 1. The van der Waals surface area contributed by atoms with E-state index in [9.17, 15) is 9.59 Å². The normalized spacial score (nSPS) is 10.2. The average Bonchev–Trinajstić information content (AvgIpc) is 2.70. The molecular formula is C23H22N2O3. The van der Waals surface area contributed by atoms with Gasteiger partial charge in [0, 0.05) is 16.9 Å². The second-order valence-corrected chi connectivity index (χ2v) is 6.42. The third kappa shape index (κ3) is 4.98. The zero-order valence-electron chi connectivity index (χ0n) is 15.9. The number of amides is 2. The molecule has 0 bridgehead atoms. The number of hydrogen-bond donors (Lipinski definition) is 2. The average molecular weight is 374 g/mol. The summed E-state index contributed by atoms with van der Waals surface area (Å²) in [7, 11) is 1.61. The summed E-state index contributed by atoms with van der Waals surface area (Å²) in [5, 5.41) is 5.72. The summed E-state index contributed by atoms with van der Waals surface area (Å²) in [4.78, 5) is 24.6. The van der Waals surface area contributed by atoms with E-state index in [1.165, 1.54) is 0 Å². The minimum atomic E-state index is -0.158. The van der Waals surface area contributed by atoms with Crippen LogP contribution >= 0.6 is 0 Å². The van der Waals surface area contributed by atoms with Crippen LogP contribution in [0.25, 0.3) is 0 Å². The van der Waals surface area contributed by atoms with Crippen LogP contribution in [-0.2, 0) is 11.2 Å². The van der Waals surface area contributed by atoms with E-state index in [0.29, 0.717) is 16.9 Å². The first kappa shape index (κ1) is 19.2. The first-order valence-electron chi connectivity index (χ1n) is 8.95. The summed E-state index contributed by atoms with van der Waals surface area (Å²) in [5.74, 6) is 0.490. The van der Waals surface area contributed by atoms with Gasteiger partial charge in [0.05, 0.1) is 13.5 Å². The van der Waals surface area contributed by atoms with Crippen LogP contribution in [0.4, 0.5) is 11.4 Å². The largest absolute Gasteiger partial charge is 0.497 e. The van der Waals surface area contributed by atoms with Gasteiger partial charge in [-0.3, -0.25) is 9.59 Å². The van der Waals surface area contributed by atoms with E-state index < -0.39 is 0 Å². The number of anilines is 2. The van der Waals surface area contributed by atoms with E-state index in [1.54, 1.807) is 37.4 Å². The van der Waals surface area contributed by atoms with Crippen molar-refractivity contribution in [3.63, 3.8) is 0 Å². The second-order valence-electron chi connectivity index (χ2n) is 6.42.